The zero-order valence-corrected chi connectivity index (χ0v) is 7.43. The summed E-state index contributed by atoms with van der Waals surface area (Å²) in [5, 5.41) is 0. The van der Waals surface area contributed by atoms with Crippen molar-refractivity contribution >= 4 is 0 Å². The fourth-order valence-electron chi connectivity index (χ4n) is 0.608. The average Bonchev–Trinajstić information content (AvgIpc) is 2.01. The standard InChI is InChI=1S/C8H18NO2/c1-3-5-7-11-8(9)10-6-4-2/h8-9H,3-7H2,1-2H3. The molecule has 0 aliphatic rings. The number of nitrogens with one attached hydrogen (secondary N) is 1. The van der Waals surface area contributed by atoms with E-state index in [0.29, 0.717) is 13.2 Å². The molecule has 0 amide bonds. The normalized spacial score (nSPS) is 13.4. The van der Waals surface area contributed by atoms with Gasteiger partial charge in [0, 0.05) is 0 Å². The molecule has 0 fully saturated rings. The summed E-state index contributed by atoms with van der Waals surface area (Å²) in [6, 6.07) is 0. The van der Waals surface area contributed by atoms with Crippen molar-refractivity contribution in [3.63, 3.8) is 0 Å². The summed E-state index contributed by atoms with van der Waals surface area (Å²) < 4.78 is 10.0. The topological polar surface area (TPSA) is 42.3 Å². The first kappa shape index (κ1) is 10.9. The molecule has 0 rings (SSSR count). The zero-order chi connectivity index (χ0) is 8.53. The van der Waals surface area contributed by atoms with Crippen LogP contribution in [-0.4, -0.2) is 19.6 Å². The maximum atomic E-state index is 7.21. The second-order valence-electron chi connectivity index (χ2n) is 2.43. The fraction of sp³-hybridized carbons (Fsp3) is 1.00. The van der Waals surface area contributed by atoms with E-state index in [-0.39, 0.29) is 0 Å². The summed E-state index contributed by atoms with van der Waals surface area (Å²) in [5.41, 5.74) is 7.21. The minimum Gasteiger partial charge on any atom is -0.339 e. The molecule has 11 heavy (non-hydrogen) atoms. The van der Waals surface area contributed by atoms with E-state index in [4.69, 9.17) is 15.2 Å². The minimum atomic E-state index is -0.776. The third kappa shape index (κ3) is 7.78. The molecule has 0 aliphatic carbocycles. The zero-order valence-electron chi connectivity index (χ0n) is 7.43. The van der Waals surface area contributed by atoms with Gasteiger partial charge in [-0.15, -0.1) is 0 Å². The predicted molar refractivity (Wildman–Crippen MR) is 44.0 cm³/mol. The number of ether oxygens (including phenoxy) is 2. The molecule has 0 aromatic rings. The number of rotatable bonds is 7. The van der Waals surface area contributed by atoms with E-state index >= 15 is 0 Å². The highest BCUT2D eigenvalue weighted by atomic mass is 16.7. The van der Waals surface area contributed by atoms with Gasteiger partial charge in [0.25, 0.3) is 0 Å². The van der Waals surface area contributed by atoms with Crippen molar-refractivity contribution in [2.45, 2.75) is 39.5 Å². The maximum Gasteiger partial charge on any atom is 0.229 e. The lowest BCUT2D eigenvalue weighted by Gasteiger charge is -2.11. The van der Waals surface area contributed by atoms with Gasteiger partial charge in [-0.1, -0.05) is 20.3 Å². The van der Waals surface area contributed by atoms with E-state index in [0.717, 1.165) is 19.3 Å². The van der Waals surface area contributed by atoms with Gasteiger partial charge in [0.15, 0.2) is 0 Å². The van der Waals surface area contributed by atoms with Gasteiger partial charge in [0.1, 0.15) is 0 Å². The molecule has 0 bridgehead atoms. The first-order valence-corrected chi connectivity index (χ1v) is 4.25. The second kappa shape index (κ2) is 7.98. The van der Waals surface area contributed by atoms with E-state index in [2.05, 4.69) is 6.92 Å². The fourth-order valence-corrected chi connectivity index (χ4v) is 0.608. The van der Waals surface area contributed by atoms with E-state index in [9.17, 15) is 0 Å². The molecule has 0 aromatic heterocycles. The van der Waals surface area contributed by atoms with Crippen molar-refractivity contribution in [1.82, 2.24) is 5.73 Å². The van der Waals surface area contributed by atoms with Crippen molar-refractivity contribution in [2.75, 3.05) is 13.2 Å². The third-order valence-corrected chi connectivity index (χ3v) is 1.24. The SMILES string of the molecule is CCCCOC([NH])OCCC. The molecular formula is C8H18NO2. The van der Waals surface area contributed by atoms with E-state index in [1.807, 2.05) is 6.92 Å². The van der Waals surface area contributed by atoms with Crippen LogP contribution in [0, 0.1) is 0 Å². The summed E-state index contributed by atoms with van der Waals surface area (Å²) in [6.45, 7) is 5.35. The van der Waals surface area contributed by atoms with Gasteiger partial charge >= 0.3 is 0 Å². The van der Waals surface area contributed by atoms with E-state index < -0.39 is 6.41 Å². The highest BCUT2D eigenvalue weighted by Gasteiger charge is 2.00. The Labute approximate surface area is 68.9 Å². The van der Waals surface area contributed by atoms with Crippen molar-refractivity contribution in [1.29, 1.82) is 0 Å². The van der Waals surface area contributed by atoms with Crippen molar-refractivity contribution in [3.8, 4) is 0 Å². The molecule has 0 aliphatic heterocycles. The monoisotopic (exact) mass is 160 g/mol. The molecule has 0 saturated carbocycles. The average molecular weight is 160 g/mol. The first-order chi connectivity index (χ1) is 5.31. The van der Waals surface area contributed by atoms with Gasteiger partial charge in [-0.3, -0.25) is 0 Å². The molecule has 3 heteroatoms. The summed E-state index contributed by atoms with van der Waals surface area (Å²) in [6.07, 6.45) is 2.26. The van der Waals surface area contributed by atoms with E-state index in [1.165, 1.54) is 0 Å². The van der Waals surface area contributed by atoms with Crippen LogP contribution in [0.3, 0.4) is 0 Å². The molecule has 1 atom stereocenters. The van der Waals surface area contributed by atoms with Crippen molar-refractivity contribution in [3.05, 3.63) is 0 Å². The molecule has 0 spiro atoms. The Morgan fingerprint density at radius 2 is 1.73 bits per heavy atom. The van der Waals surface area contributed by atoms with Gasteiger partial charge < -0.3 is 9.47 Å². The van der Waals surface area contributed by atoms with Crippen LogP contribution in [0.1, 0.15) is 33.1 Å². The number of unbranched alkanes of at least 4 members (excludes halogenated alkanes) is 1. The second-order valence-corrected chi connectivity index (χ2v) is 2.43. The molecule has 0 heterocycles. The van der Waals surface area contributed by atoms with Crippen molar-refractivity contribution < 1.29 is 9.47 Å². The molecule has 0 saturated heterocycles. The van der Waals surface area contributed by atoms with Crippen molar-refractivity contribution in [2.24, 2.45) is 0 Å². The molecule has 1 N–H and O–H groups in total. The van der Waals surface area contributed by atoms with Crippen LogP contribution in [0.4, 0.5) is 0 Å². The Morgan fingerprint density at radius 1 is 1.09 bits per heavy atom. The largest absolute Gasteiger partial charge is 0.339 e. The Morgan fingerprint density at radius 3 is 2.27 bits per heavy atom. The van der Waals surface area contributed by atoms with Crippen LogP contribution in [-0.2, 0) is 9.47 Å². The quantitative estimate of drug-likeness (QED) is 0.421. The van der Waals surface area contributed by atoms with Gasteiger partial charge in [0.2, 0.25) is 6.41 Å². The molecular weight excluding hydrogens is 142 g/mol. The summed E-state index contributed by atoms with van der Waals surface area (Å²) in [7, 11) is 0. The van der Waals surface area contributed by atoms with E-state index in [1.54, 1.807) is 0 Å². The smallest absolute Gasteiger partial charge is 0.229 e. The van der Waals surface area contributed by atoms with Crippen LogP contribution >= 0.6 is 0 Å². The van der Waals surface area contributed by atoms with Gasteiger partial charge in [-0.2, -0.15) is 0 Å². The number of hydrogen-bond donors (Lipinski definition) is 0. The van der Waals surface area contributed by atoms with Gasteiger partial charge in [0.05, 0.1) is 13.2 Å². The van der Waals surface area contributed by atoms with Crippen LogP contribution in [0.25, 0.3) is 0 Å². The summed E-state index contributed by atoms with van der Waals surface area (Å²) in [4.78, 5) is 0. The van der Waals surface area contributed by atoms with Crippen LogP contribution in [0.5, 0.6) is 0 Å². The van der Waals surface area contributed by atoms with Gasteiger partial charge in [-0.05, 0) is 12.8 Å². The summed E-state index contributed by atoms with van der Waals surface area (Å²) in [5.74, 6) is 0. The highest BCUT2D eigenvalue weighted by Crippen LogP contribution is 1.94. The van der Waals surface area contributed by atoms with Crippen LogP contribution in [0.2, 0.25) is 0 Å². The third-order valence-electron chi connectivity index (χ3n) is 1.24. The Hall–Kier alpha value is -0.120. The maximum absolute atomic E-state index is 7.21. The molecule has 67 valence electrons. The lowest BCUT2D eigenvalue weighted by atomic mass is 10.4. The molecule has 1 unspecified atom stereocenters. The van der Waals surface area contributed by atoms with Crippen LogP contribution < -0.4 is 5.73 Å². The first-order valence-electron chi connectivity index (χ1n) is 4.25. The Kier molecular flexibility index (Phi) is 7.89. The van der Waals surface area contributed by atoms with Crippen LogP contribution in [0.15, 0.2) is 0 Å². The van der Waals surface area contributed by atoms with Gasteiger partial charge in [-0.25, -0.2) is 5.73 Å². The Balaban J connectivity index is 3.02. The lowest BCUT2D eigenvalue weighted by Crippen LogP contribution is -2.19. The number of hydrogen-bond acceptors (Lipinski definition) is 2. The molecule has 0 aromatic carbocycles. The minimum absolute atomic E-state index is 0.611. The molecule has 1 radical (unpaired) electrons. The summed E-state index contributed by atoms with van der Waals surface area (Å²) >= 11 is 0. The predicted octanol–water partition coefficient (Wildman–Crippen LogP) is 1.80. The lowest BCUT2D eigenvalue weighted by molar-refractivity contribution is -0.143. The Bertz CT molecular complexity index is 78.5. The molecule has 3 nitrogen and oxygen atoms in total. The highest BCUT2D eigenvalue weighted by molar-refractivity contribution is 4.33.